The number of carbonyl (C=O) groups excluding carboxylic acids is 2. The fourth-order valence-corrected chi connectivity index (χ4v) is 2.67. The van der Waals surface area contributed by atoms with E-state index >= 15 is 0 Å². The van der Waals surface area contributed by atoms with Gasteiger partial charge in [0.05, 0.1) is 13.0 Å². The van der Waals surface area contributed by atoms with Crippen molar-refractivity contribution in [2.24, 2.45) is 0 Å². The maximum absolute atomic E-state index is 12.1. The fraction of sp³-hybridized carbons (Fsp3) is 0.250. The van der Waals surface area contributed by atoms with Crippen molar-refractivity contribution in [1.82, 2.24) is 20.5 Å². The van der Waals surface area contributed by atoms with Crippen LogP contribution in [0.15, 0.2) is 40.7 Å². The van der Waals surface area contributed by atoms with E-state index in [9.17, 15) is 14.4 Å². The molecule has 118 valence electrons. The largest absolute Gasteiger partial charge is 0.349 e. The monoisotopic (exact) mass is 312 g/mol. The van der Waals surface area contributed by atoms with E-state index in [2.05, 4.69) is 20.5 Å². The summed E-state index contributed by atoms with van der Waals surface area (Å²) in [6.45, 7) is 0.111. The Balaban J connectivity index is 1.70. The second kappa shape index (κ2) is 6.43. The summed E-state index contributed by atoms with van der Waals surface area (Å²) in [5.74, 6) is 0.0954. The number of rotatable bonds is 5. The highest BCUT2D eigenvalue weighted by Crippen LogP contribution is 2.33. The van der Waals surface area contributed by atoms with Crippen molar-refractivity contribution in [3.63, 3.8) is 0 Å². The number of allylic oxidation sites excluding steroid dienone is 1. The number of benzene rings is 1. The van der Waals surface area contributed by atoms with Crippen molar-refractivity contribution in [1.29, 1.82) is 0 Å². The predicted molar refractivity (Wildman–Crippen MR) is 83.3 cm³/mol. The third-order valence-electron chi connectivity index (χ3n) is 3.77. The van der Waals surface area contributed by atoms with E-state index < -0.39 is 5.69 Å². The molecular weight excluding hydrogens is 296 g/mol. The third kappa shape index (κ3) is 3.45. The highest BCUT2D eigenvalue weighted by atomic mass is 16.2. The SMILES string of the molecule is O=C(CC1=C(c2ccccc2)CCC1=O)NCc1n[nH]c(=O)[nH]1. The summed E-state index contributed by atoms with van der Waals surface area (Å²) in [6, 6.07) is 9.63. The molecule has 0 fully saturated rings. The molecule has 7 nitrogen and oxygen atoms in total. The first-order valence-corrected chi connectivity index (χ1v) is 7.34. The van der Waals surface area contributed by atoms with E-state index in [1.54, 1.807) is 0 Å². The molecule has 3 rings (SSSR count). The fourth-order valence-electron chi connectivity index (χ4n) is 2.67. The van der Waals surface area contributed by atoms with Crippen LogP contribution in [0.3, 0.4) is 0 Å². The van der Waals surface area contributed by atoms with Gasteiger partial charge in [0.15, 0.2) is 5.78 Å². The van der Waals surface area contributed by atoms with E-state index in [0.29, 0.717) is 24.2 Å². The first kappa shape index (κ1) is 15.0. The van der Waals surface area contributed by atoms with Gasteiger partial charge in [0, 0.05) is 12.0 Å². The molecule has 0 spiro atoms. The van der Waals surface area contributed by atoms with Gasteiger partial charge in [-0.25, -0.2) is 9.89 Å². The molecule has 1 amide bonds. The van der Waals surface area contributed by atoms with E-state index in [-0.39, 0.29) is 24.7 Å². The van der Waals surface area contributed by atoms with Crippen LogP contribution in [-0.4, -0.2) is 26.9 Å². The summed E-state index contributed by atoms with van der Waals surface area (Å²) in [5, 5.41) is 8.59. The molecule has 0 unspecified atom stereocenters. The highest BCUT2D eigenvalue weighted by molar-refractivity contribution is 6.10. The number of nitrogens with zero attached hydrogens (tertiary/aromatic N) is 1. The topological polar surface area (TPSA) is 108 Å². The molecule has 7 heteroatoms. The van der Waals surface area contributed by atoms with E-state index in [1.165, 1.54) is 0 Å². The second-order valence-electron chi connectivity index (χ2n) is 5.32. The van der Waals surface area contributed by atoms with Crippen LogP contribution in [0.1, 0.15) is 30.7 Å². The van der Waals surface area contributed by atoms with Crippen molar-refractivity contribution in [2.75, 3.05) is 0 Å². The van der Waals surface area contributed by atoms with Gasteiger partial charge in [-0.05, 0) is 17.6 Å². The molecule has 3 N–H and O–H groups in total. The Bertz CT molecular complexity index is 817. The Kier molecular flexibility index (Phi) is 4.18. The Hall–Kier alpha value is -2.96. The predicted octanol–water partition coefficient (Wildman–Crippen LogP) is 0.921. The molecule has 0 radical (unpaired) electrons. The van der Waals surface area contributed by atoms with Gasteiger partial charge in [0.1, 0.15) is 5.82 Å². The zero-order valence-electron chi connectivity index (χ0n) is 12.4. The van der Waals surface area contributed by atoms with Crippen LogP contribution in [0.4, 0.5) is 0 Å². The quantitative estimate of drug-likeness (QED) is 0.763. The molecule has 0 atom stereocenters. The minimum Gasteiger partial charge on any atom is -0.349 e. The number of amides is 1. The lowest BCUT2D eigenvalue weighted by Crippen LogP contribution is -2.24. The van der Waals surface area contributed by atoms with Gasteiger partial charge in [0.2, 0.25) is 5.91 Å². The van der Waals surface area contributed by atoms with E-state index in [4.69, 9.17) is 0 Å². The first-order chi connectivity index (χ1) is 11.1. The summed E-state index contributed by atoms with van der Waals surface area (Å²) in [5.41, 5.74) is 2.08. The minimum atomic E-state index is -0.422. The number of Topliss-reactive ketones (excluding diaryl/α,β-unsaturated/α-hetero) is 1. The van der Waals surface area contributed by atoms with Crippen molar-refractivity contribution < 1.29 is 9.59 Å². The Morgan fingerprint density at radius 1 is 1.17 bits per heavy atom. The lowest BCUT2D eigenvalue weighted by atomic mass is 10.00. The van der Waals surface area contributed by atoms with Gasteiger partial charge in [0.25, 0.3) is 0 Å². The molecule has 0 saturated carbocycles. The van der Waals surface area contributed by atoms with Crippen LogP contribution in [-0.2, 0) is 16.1 Å². The number of aromatic amines is 2. The van der Waals surface area contributed by atoms with Crippen LogP contribution >= 0.6 is 0 Å². The van der Waals surface area contributed by atoms with Crippen molar-refractivity contribution >= 4 is 17.3 Å². The maximum Gasteiger partial charge on any atom is 0.340 e. The van der Waals surface area contributed by atoms with Crippen molar-refractivity contribution in [2.45, 2.75) is 25.8 Å². The average molecular weight is 312 g/mol. The van der Waals surface area contributed by atoms with Crippen LogP contribution in [0.2, 0.25) is 0 Å². The molecule has 23 heavy (non-hydrogen) atoms. The first-order valence-electron chi connectivity index (χ1n) is 7.34. The molecule has 1 aromatic carbocycles. The smallest absolute Gasteiger partial charge is 0.340 e. The zero-order chi connectivity index (χ0) is 16.2. The molecule has 1 aliphatic rings. The number of H-pyrrole nitrogens is 2. The lowest BCUT2D eigenvalue weighted by Gasteiger charge is -2.07. The molecule has 1 aliphatic carbocycles. The molecule has 0 saturated heterocycles. The van der Waals surface area contributed by atoms with E-state index in [1.807, 2.05) is 30.3 Å². The molecular formula is C16H16N4O3. The third-order valence-corrected chi connectivity index (χ3v) is 3.77. The standard InChI is InChI=1S/C16H16N4O3/c21-13-7-6-11(10-4-2-1-3-5-10)12(13)8-15(22)17-9-14-18-16(23)20-19-14/h1-5H,6-9H2,(H,17,22)(H2,18,19,20,23). The van der Waals surface area contributed by atoms with Crippen LogP contribution in [0, 0.1) is 0 Å². The Morgan fingerprint density at radius 2 is 1.96 bits per heavy atom. The summed E-state index contributed by atoms with van der Waals surface area (Å²) in [4.78, 5) is 37.5. The van der Waals surface area contributed by atoms with Gasteiger partial charge in [-0.3, -0.25) is 14.6 Å². The Labute approximate surface area is 131 Å². The van der Waals surface area contributed by atoms with Gasteiger partial charge in [-0.1, -0.05) is 30.3 Å². The summed E-state index contributed by atoms with van der Waals surface area (Å²) < 4.78 is 0. The van der Waals surface area contributed by atoms with Gasteiger partial charge < -0.3 is 5.32 Å². The Morgan fingerprint density at radius 3 is 2.65 bits per heavy atom. The zero-order valence-corrected chi connectivity index (χ0v) is 12.4. The maximum atomic E-state index is 12.1. The van der Waals surface area contributed by atoms with Crippen molar-refractivity contribution in [3.8, 4) is 0 Å². The molecule has 0 aliphatic heterocycles. The van der Waals surface area contributed by atoms with Crippen molar-refractivity contribution in [3.05, 3.63) is 57.8 Å². The summed E-state index contributed by atoms with van der Waals surface area (Å²) >= 11 is 0. The molecule has 0 bridgehead atoms. The van der Waals surface area contributed by atoms with Crippen LogP contribution in [0.25, 0.3) is 5.57 Å². The molecule has 2 aromatic rings. The average Bonchev–Trinajstić information content (AvgIpc) is 3.13. The number of carbonyl (C=O) groups is 2. The van der Waals surface area contributed by atoms with Gasteiger partial charge in [-0.2, -0.15) is 5.10 Å². The minimum absolute atomic E-state index is 0.0205. The van der Waals surface area contributed by atoms with Gasteiger partial charge in [-0.15, -0.1) is 0 Å². The van der Waals surface area contributed by atoms with E-state index in [0.717, 1.165) is 11.1 Å². The van der Waals surface area contributed by atoms with Crippen LogP contribution in [0.5, 0.6) is 0 Å². The summed E-state index contributed by atoms with van der Waals surface area (Å²) in [6.07, 6.45) is 1.15. The lowest BCUT2D eigenvalue weighted by molar-refractivity contribution is -0.122. The molecule has 1 aromatic heterocycles. The normalized spacial score (nSPS) is 14.3. The van der Waals surface area contributed by atoms with Gasteiger partial charge >= 0.3 is 5.69 Å². The molecule has 1 heterocycles. The number of ketones is 1. The number of aromatic nitrogens is 3. The number of nitrogens with one attached hydrogen (secondary N) is 3. The summed E-state index contributed by atoms with van der Waals surface area (Å²) in [7, 11) is 0. The number of hydrogen-bond donors (Lipinski definition) is 3. The van der Waals surface area contributed by atoms with Crippen LogP contribution < -0.4 is 11.0 Å². The second-order valence-corrected chi connectivity index (χ2v) is 5.32. The highest BCUT2D eigenvalue weighted by Gasteiger charge is 2.25. The number of hydrogen-bond acceptors (Lipinski definition) is 4.